The summed E-state index contributed by atoms with van der Waals surface area (Å²) in [5.74, 6) is 0.156. The van der Waals surface area contributed by atoms with E-state index in [0.717, 1.165) is 57.2 Å². The van der Waals surface area contributed by atoms with Crippen molar-refractivity contribution in [1.29, 1.82) is 0 Å². The molecule has 2 heterocycles. The van der Waals surface area contributed by atoms with Gasteiger partial charge in [0, 0.05) is 38.6 Å². The monoisotopic (exact) mass is 429 g/mol. The van der Waals surface area contributed by atoms with Crippen molar-refractivity contribution in [3.05, 3.63) is 29.8 Å². The molecule has 0 spiro atoms. The maximum absolute atomic E-state index is 12.8. The van der Waals surface area contributed by atoms with Crippen LogP contribution in [0.3, 0.4) is 0 Å². The highest BCUT2D eigenvalue weighted by molar-refractivity contribution is 7.89. The molecule has 0 aliphatic carbocycles. The molecule has 2 saturated heterocycles. The minimum absolute atomic E-state index is 0. The highest BCUT2D eigenvalue weighted by atomic mass is 35.5. The van der Waals surface area contributed by atoms with Crippen LogP contribution in [-0.4, -0.2) is 55.8 Å². The molecule has 0 bridgehead atoms. The van der Waals surface area contributed by atoms with Gasteiger partial charge >= 0.3 is 0 Å². The highest BCUT2D eigenvalue weighted by Gasteiger charge is 2.25. The maximum Gasteiger partial charge on any atom is 0.243 e. The van der Waals surface area contributed by atoms with E-state index in [1.807, 2.05) is 17.0 Å². The molecule has 0 radical (unpaired) electrons. The zero-order chi connectivity index (χ0) is 19.3. The third-order valence-electron chi connectivity index (χ3n) is 5.65. The Balaban J connectivity index is 0.00000280. The topological polar surface area (TPSA) is 83.7 Å². The van der Waals surface area contributed by atoms with Crippen molar-refractivity contribution in [3.8, 4) is 0 Å². The van der Waals surface area contributed by atoms with Crippen molar-refractivity contribution in [2.24, 2.45) is 5.73 Å². The number of piperidine rings is 1. The van der Waals surface area contributed by atoms with E-state index in [9.17, 15) is 13.2 Å². The molecule has 2 aliphatic heterocycles. The first-order chi connectivity index (χ1) is 13.0. The smallest absolute Gasteiger partial charge is 0.243 e. The largest absolute Gasteiger partial charge is 0.343 e. The maximum atomic E-state index is 12.8. The van der Waals surface area contributed by atoms with Crippen LogP contribution in [0, 0.1) is 0 Å². The van der Waals surface area contributed by atoms with Gasteiger partial charge < -0.3 is 10.6 Å². The van der Waals surface area contributed by atoms with E-state index in [1.54, 1.807) is 16.4 Å². The first-order valence-electron chi connectivity index (χ1n) is 10.1. The standard InChI is InChI=1S/C20H31N3O3S.ClH/c21-18-11-15-22(16-12-18)20(24)10-7-17-5-8-19(9-6-17)27(25,26)23-13-3-1-2-4-14-23;/h5-6,8-9,18H,1-4,7,10-16,21H2;1H. The SMILES string of the molecule is Cl.NC1CCN(C(=O)CCc2ccc(S(=O)(=O)N3CCCCCC3)cc2)CC1. The number of carbonyl (C=O) groups excluding carboxylic acids is 1. The Labute approximate surface area is 174 Å². The number of aryl methyl sites for hydroxylation is 1. The molecule has 8 heteroatoms. The molecule has 0 saturated carbocycles. The van der Waals surface area contributed by atoms with Gasteiger partial charge in [-0.2, -0.15) is 4.31 Å². The molecule has 2 aliphatic rings. The molecule has 0 unspecified atom stereocenters. The number of carbonyl (C=O) groups is 1. The fourth-order valence-electron chi connectivity index (χ4n) is 3.82. The van der Waals surface area contributed by atoms with Crippen LogP contribution in [0.1, 0.15) is 50.5 Å². The number of sulfonamides is 1. The van der Waals surface area contributed by atoms with Crippen molar-refractivity contribution in [2.45, 2.75) is 62.3 Å². The van der Waals surface area contributed by atoms with Crippen LogP contribution in [0.2, 0.25) is 0 Å². The number of amides is 1. The minimum atomic E-state index is -3.41. The van der Waals surface area contributed by atoms with Gasteiger partial charge in [-0.1, -0.05) is 25.0 Å². The van der Waals surface area contributed by atoms with Crippen molar-refractivity contribution in [1.82, 2.24) is 9.21 Å². The Morgan fingerprint density at radius 1 is 0.964 bits per heavy atom. The second-order valence-corrected chi connectivity index (χ2v) is 9.62. The lowest BCUT2D eigenvalue weighted by atomic mass is 10.0. The van der Waals surface area contributed by atoms with E-state index in [1.165, 1.54) is 0 Å². The summed E-state index contributed by atoms with van der Waals surface area (Å²) in [6, 6.07) is 7.25. The van der Waals surface area contributed by atoms with Crippen LogP contribution in [0.4, 0.5) is 0 Å². The zero-order valence-electron chi connectivity index (χ0n) is 16.4. The van der Waals surface area contributed by atoms with Crippen LogP contribution in [0.5, 0.6) is 0 Å². The summed E-state index contributed by atoms with van der Waals surface area (Å²) in [6.45, 7) is 2.70. The Bertz CT molecular complexity index is 724. The second kappa shape index (κ2) is 10.6. The summed E-state index contributed by atoms with van der Waals surface area (Å²) in [4.78, 5) is 14.6. The van der Waals surface area contributed by atoms with Crippen molar-refractivity contribution in [2.75, 3.05) is 26.2 Å². The number of halogens is 1. The number of rotatable bonds is 5. The molecule has 1 aromatic rings. The third kappa shape index (κ3) is 5.92. The third-order valence-corrected chi connectivity index (χ3v) is 7.56. The normalized spacial score (nSPS) is 19.7. The number of benzene rings is 1. The number of nitrogens with two attached hydrogens (primary N) is 1. The molecular formula is C20H32ClN3O3S. The van der Waals surface area contributed by atoms with Gasteiger partial charge in [0.15, 0.2) is 0 Å². The van der Waals surface area contributed by atoms with E-state index < -0.39 is 10.0 Å². The highest BCUT2D eigenvalue weighted by Crippen LogP contribution is 2.21. The summed E-state index contributed by atoms with van der Waals surface area (Å²) in [5, 5.41) is 0. The Morgan fingerprint density at radius 3 is 2.11 bits per heavy atom. The van der Waals surface area contributed by atoms with Crippen LogP contribution in [0.15, 0.2) is 29.2 Å². The van der Waals surface area contributed by atoms with Gasteiger partial charge in [-0.15, -0.1) is 12.4 Å². The Hall–Kier alpha value is -1.15. The van der Waals surface area contributed by atoms with Gasteiger partial charge in [-0.3, -0.25) is 4.79 Å². The fraction of sp³-hybridized carbons (Fsp3) is 0.650. The number of nitrogens with zero attached hydrogens (tertiary/aromatic N) is 2. The number of likely N-dealkylation sites (tertiary alicyclic amines) is 1. The predicted octanol–water partition coefficient (Wildman–Crippen LogP) is 2.56. The van der Waals surface area contributed by atoms with Crippen LogP contribution in [0.25, 0.3) is 0 Å². The molecule has 2 N–H and O–H groups in total. The lowest BCUT2D eigenvalue weighted by molar-refractivity contribution is -0.132. The summed E-state index contributed by atoms with van der Waals surface area (Å²) in [7, 11) is -3.41. The van der Waals surface area contributed by atoms with Crippen LogP contribution >= 0.6 is 12.4 Å². The molecule has 0 atom stereocenters. The van der Waals surface area contributed by atoms with E-state index in [-0.39, 0.29) is 24.4 Å². The lowest BCUT2D eigenvalue weighted by Gasteiger charge is -2.30. The fourth-order valence-corrected chi connectivity index (χ4v) is 5.33. The molecule has 158 valence electrons. The molecule has 6 nitrogen and oxygen atoms in total. The Morgan fingerprint density at radius 2 is 1.54 bits per heavy atom. The molecule has 1 aromatic carbocycles. The summed E-state index contributed by atoms with van der Waals surface area (Å²) >= 11 is 0. The van der Waals surface area contributed by atoms with Gasteiger partial charge in [0.25, 0.3) is 0 Å². The molecule has 3 rings (SSSR count). The average molecular weight is 430 g/mol. The Kier molecular flexibility index (Phi) is 8.74. The minimum Gasteiger partial charge on any atom is -0.343 e. The van der Waals surface area contributed by atoms with Gasteiger partial charge in [0.1, 0.15) is 0 Å². The van der Waals surface area contributed by atoms with Crippen molar-refractivity contribution < 1.29 is 13.2 Å². The second-order valence-electron chi connectivity index (χ2n) is 7.68. The van der Waals surface area contributed by atoms with Crippen molar-refractivity contribution >= 4 is 28.3 Å². The summed E-state index contributed by atoms with van der Waals surface area (Å²) in [6.07, 6.45) is 6.88. The van der Waals surface area contributed by atoms with Crippen LogP contribution in [-0.2, 0) is 21.2 Å². The average Bonchev–Trinajstić information content (AvgIpc) is 2.97. The molecule has 0 aromatic heterocycles. The molecule has 2 fully saturated rings. The van der Waals surface area contributed by atoms with Crippen LogP contribution < -0.4 is 5.73 Å². The van der Waals surface area contributed by atoms with Gasteiger partial charge in [0.05, 0.1) is 4.90 Å². The van der Waals surface area contributed by atoms with E-state index in [4.69, 9.17) is 5.73 Å². The quantitative estimate of drug-likeness (QED) is 0.779. The predicted molar refractivity (Wildman–Crippen MR) is 113 cm³/mol. The van der Waals surface area contributed by atoms with Gasteiger partial charge in [-0.05, 0) is 49.8 Å². The number of hydrogen-bond donors (Lipinski definition) is 1. The number of hydrogen-bond acceptors (Lipinski definition) is 4. The first kappa shape index (κ1) is 23.1. The summed E-state index contributed by atoms with van der Waals surface area (Å²) < 4.78 is 27.2. The first-order valence-corrected chi connectivity index (χ1v) is 11.5. The molecule has 28 heavy (non-hydrogen) atoms. The molecular weight excluding hydrogens is 398 g/mol. The zero-order valence-corrected chi connectivity index (χ0v) is 18.0. The van der Waals surface area contributed by atoms with Crippen molar-refractivity contribution in [3.63, 3.8) is 0 Å². The molecule has 1 amide bonds. The van der Waals surface area contributed by atoms with E-state index in [0.29, 0.717) is 30.8 Å². The van der Waals surface area contributed by atoms with Gasteiger partial charge in [0.2, 0.25) is 15.9 Å². The van der Waals surface area contributed by atoms with E-state index >= 15 is 0 Å². The van der Waals surface area contributed by atoms with E-state index in [2.05, 4.69) is 0 Å². The van der Waals surface area contributed by atoms with Gasteiger partial charge in [-0.25, -0.2) is 8.42 Å². The lowest BCUT2D eigenvalue weighted by Crippen LogP contribution is -2.42. The summed E-state index contributed by atoms with van der Waals surface area (Å²) in [5.41, 5.74) is 6.88.